The second-order valence-corrected chi connectivity index (χ2v) is 5.76. The fourth-order valence-electron chi connectivity index (χ4n) is 1.96. The first-order valence-corrected chi connectivity index (χ1v) is 6.80. The molecule has 0 saturated heterocycles. The summed E-state index contributed by atoms with van der Waals surface area (Å²) < 4.78 is 2.51. The zero-order valence-electron chi connectivity index (χ0n) is 9.36. The van der Waals surface area contributed by atoms with Crippen molar-refractivity contribution in [3.63, 3.8) is 0 Å². The van der Waals surface area contributed by atoms with E-state index >= 15 is 0 Å². The third-order valence-electron chi connectivity index (χ3n) is 3.13. The summed E-state index contributed by atoms with van der Waals surface area (Å²) in [6.07, 6.45) is 4.12. The van der Waals surface area contributed by atoms with Gasteiger partial charge < -0.3 is 9.67 Å². The van der Waals surface area contributed by atoms with E-state index in [9.17, 15) is 5.11 Å². The minimum absolute atomic E-state index is 0.0688. The van der Waals surface area contributed by atoms with Crippen molar-refractivity contribution < 1.29 is 5.11 Å². The largest absolute Gasteiger partial charge is 0.504 e. The molecular formula is C12H10Cl2N2OS. The van der Waals surface area contributed by atoms with Crippen LogP contribution in [-0.2, 0) is 6.54 Å². The standard InChI is InChI=1S/C12H10Cl2N2OS/c13-7-3-8(14)11(17)10-9(7)12(18)16(5-15-10)4-6-1-2-6/h3,5-6,17H,1-2,4H2. The van der Waals surface area contributed by atoms with Gasteiger partial charge in [0.2, 0.25) is 0 Å². The van der Waals surface area contributed by atoms with Gasteiger partial charge in [-0.15, -0.1) is 0 Å². The Kier molecular flexibility index (Phi) is 2.96. The highest BCUT2D eigenvalue weighted by Crippen LogP contribution is 2.37. The Morgan fingerprint density at radius 3 is 2.78 bits per heavy atom. The number of phenolic OH excluding ortho intramolecular Hbond substituents is 1. The maximum absolute atomic E-state index is 9.88. The highest BCUT2D eigenvalue weighted by Gasteiger charge is 2.22. The molecule has 2 aromatic rings. The van der Waals surface area contributed by atoms with Crippen molar-refractivity contribution in [1.82, 2.24) is 9.55 Å². The molecule has 94 valence electrons. The molecule has 3 nitrogen and oxygen atoms in total. The van der Waals surface area contributed by atoms with Crippen LogP contribution in [0.4, 0.5) is 0 Å². The zero-order valence-corrected chi connectivity index (χ0v) is 11.7. The molecule has 1 fully saturated rings. The van der Waals surface area contributed by atoms with Gasteiger partial charge in [0.25, 0.3) is 0 Å². The Bertz CT molecular complexity index is 695. The quantitative estimate of drug-likeness (QED) is 0.845. The first kappa shape index (κ1) is 12.2. The third-order valence-corrected chi connectivity index (χ3v) is 4.16. The first-order valence-electron chi connectivity index (χ1n) is 5.64. The zero-order chi connectivity index (χ0) is 12.9. The van der Waals surface area contributed by atoms with Crippen LogP contribution in [0, 0.1) is 10.6 Å². The van der Waals surface area contributed by atoms with Crippen molar-refractivity contribution in [3.8, 4) is 5.75 Å². The number of rotatable bonds is 2. The van der Waals surface area contributed by atoms with Crippen LogP contribution in [0.2, 0.25) is 10.0 Å². The summed E-state index contributed by atoms with van der Waals surface area (Å²) in [5.74, 6) is 0.622. The van der Waals surface area contributed by atoms with Gasteiger partial charge in [-0.25, -0.2) is 4.98 Å². The van der Waals surface area contributed by atoms with E-state index in [0.717, 1.165) is 6.54 Å². The molecule has 3 rings (SSSR count). The van der Waals surface area contributed by atoms with E-state index in [-0.39, 0.29) is 10.8 Å². The maximum atomic E-state index is 9.88. The molecule has 0 spiro atoms. The van der Waals surface area contributed by atoms with Crippen LogP contribution in [0.25, 0.3) is 10.9 Å². The summed E-state index contributed by atoms with van der Waals surface area (Å²) in [5, 5.41) is 11.1. The van der Waals surface area contributed by atoms with Gasteiger partial charge in [0.1, 0.15) is 10.2 Å². The Balaban J connectivity index is 2.27. The Hall–Kier alpha value is -0.840. The highest BCUT2D eigenvalue weighted by atomic mass is 35.5. The fraction of sp³-hybridized carbons (Fsp3) is 0.333. The van der Waals surface area contributed by atoms with Crippen molar-refractivity contribution >= 4 is 46.3 Å². The number of nitrogens with zero attached hydrogens (tertiary/aromatic N) is 2. The first-order chi connectivity index (χ1) is 8.58. The molecule has 1 aliphatic rings. The van der Waals surface area contributed by atoms with Gasteiger partial charge in [-0.2, -0.15) is 0 Å². The lowest BCUT2D eigenvalue weighted by Crippen LogP contribution is -2.04. The number of hydrogen-bond acceptors (Lipinski definition) is 3. The number of aromatic nitrogens is 2. The molecule has 6 heteroatoms. The van der Waals surface area contributed by atoms with Crippen molar-refractivity contribution in [2.45, 2.75) is 19.4 Å². The third kappa shape index (κ3) is 1.98. The Morgan fingerprint density at radius 2 is 2.11 bits per heavy atom. The van der Waals surface area contributed by atoms with E-state index in [1.54, 1.807) is 6.33 Å². The van der Waals surface area contributed by atoms with Crippen LogP contribution >= 0.6 is 35.4 Å². The predicted molar refractivity (Wildman–Crippen MR) is 75.0 cm³/mol. The average molecular weight is 301 g/mol. The fourth-order valence-corrected chi connectivity index (χ4v) is 2.88. The van der Waals surface area contributed by atoms with E-state index in [1.165, 1.54) is 18.9 Å². The van der Waals surface area contributed by atoms with E-state index < -0.39 is 0 Å². The molecule has 0 unspecified atom stereocenters. The molecular weight excluding hydrogens is 291 g/mol. The highest BCUT2D eigenvalue weighted by molar-refractivity contribution is 7.71. The van der Waals surface area contributed by atoms with Gasteiger partial charge in [-0.3, -0.25) is 0 Å². The van der Waals surface area contributed by atoms with Crippen LogP contribution in [0.3, 0.4) is 0 Å². The van der Waals surface area contributed by atoms with Gasteiger partial charge >= 0.3 is 0 Å². The number of halogens is 2. The van der Waals surface area contributed by atoms with Gasteiger partial charge in [-0.05, 0) is 24.8 Å². The minimum atomic E-state index is -0.0688. The molecule has 1 aromatic heterocycles. The van der Waals surface area contributed by atoms with Gasteiger partial charge in [0.15, 0.2) is 5.75 Å². The van der Waals surface area contributed by atoms with Gasteiger partial charge in [0.05, 0.1) is 21.8 Å². The van der Waals surface area contributed by atoms with E-state index in [0.29, 0.717) is 26.5 Å². The summed E-state index contributed by atoms with van der Waals surface area (Å²) >= 11 is 17.4. The van der Waals surface area contributed by atoms with Crippen molar-refractivity contribution in [3.05, 3.63) is 27.1 Å². The number of aromatic hydroxyl groups is 1. The summed E-state index contributed by atoms with van der Waals surface area (Å²) in [6, 6.07) is 1.50. The van der Waals surface area contributed by atoms with Crippen molar-refractivity contribution in [1.29, 1.82) is 0 Å². The van der Waals surface area contributed by atoms with Crippen molar-refractivity contribution in [2.75, 3.05) is 0 Å². The molecule has 0 aliphatic heterocycles. The molecule has 1 heterocycles. The summed E-state index contributed by atoms with van der Waals surface area (Å²) in [4.78, 5) is 4.22. The molecule has 0 atom stereocenters. The van der Waals surface area contributed by atoms with Gasteiger partial charge in [-0.1, -0.05) is 35.4 Å². The monoisotopic (exact) mass is 300 g/mol. The lowest BCUT2D eigenvalue weighted by atomic mass is 10.2. The topological polar surface area (TPSA) is 38.0 Å². The average Bonchev–Trinajstić information content (AvgIpc) is 3.12. The van der Waals surface area contributed by atoms with Crippen molar-refractivity contribution in [2.24, 2.45) is 5.92 Å². The molecule has 0 radical (unpaired) electrons. The molecule has 0 bridgehead atoms. The predicted octanol–water partition coefficient (Wildman–Crippen LogP) is 4.19. The van der Waals surface area contributed by atoms with E-state index in [2.05, 4.69) is 4.98 Å². The normalized spacial score (nSPS) is 15.2. The summed E-state index contributed by atoms with van der Waals surface area (Å²) in [6.45, 7) is 0.863. The van der Waals surface area contributed by atoms with Crippen LogP contribution in [0.5, 0.6) is 5.75 Å². The lowest BCUT2D eigenvalue weighted by molar-refractivity contribution is 0.480. The molecule has 1 aliphatic carbocycles. The Morgan fingerprint density at radius 1 is 1.39 bits per heavy atom. The second kappa shape index (κ2) is 4.37. The number of fused-ring (bicyclic) bond motifs is 1. The number of phenols is 1. The minimum Gasteiger partial charge on any atom is -0.504 e. The van der Waals surface area contributed by atoms with Crippen LogP contribution in [-0.4, -0.2) is 14.7 Å². The molecule has 1 N–H and O–H groups in total. The van der Waals surface area contributed by atoms with Crippen LogP contribution in [0.1, 0.15) is 12.8 Å². The lowest BCUT2D eigenvalue weighted by Gasteiger charge is -2.10. The SMILES string of the molecule is Oc1c(Cl)cc(Cl)c2c(=S)n(CC3CC3)cnc12. The summed E-state index contributed by atoms with van der Waals surface area (Å²) in [5.41, 5.74) is 0.365. The maximum Gasteiger partial charge on any atom is 0.160 e. The number of benzene rings is 1. The molecule has 1 saturated carbocycles. The van der Waals surface area contributed by atoms with Crippen LogP contribution in [0.15, 0.2) is 12.4 Å². The van der Waals surface area contributed by atoms with E-state index in [4.69, 9.17) is 35.4 Å². The van der Waals surface area contributed by atoms with Crippen LogP contribution < -0.4 is 0 Å². The summed E-state index contributed by atoms with van der Waals surface area (Å²) in [7, 11) is 0. The second-order valence-electron chi connectivity index (χ2n) is 4.56. The number of hydrogen-bond donors (Lipinski definition) is 1. The van der Waals surface area contributed by atoms with E-state index in [1.807, 2.05) is 4.57 Å². The molecule has 1 aromatic carbocycles. The Labute approximate surface area is 119 Å². The molecule has 0 amide bonds. The molecule has 18 heavy (non-hydrogen) atoms. The smallest absolute Gasteiger partial charge is 0.160 e. The van der Waals surface area contributed by atoms with Gasteiger partial charge in [0, 0.05) is 6.54 Å².